The summed E-state index contributed by atoms with van der Waals surface area (Å²) in [5.74, 6) is 1.61. The third-order valence-corrected chi connectivity index (χ3v) is 8.79. The van der Waals surface area contributed by atoms with Gasteiger partial charge in [-0.15, -0.1) is 0 Å². The molecule has 3 aromatic rings. The highest BCUT2D eigenvalue weighted by Crippen LogP contribution is 2.42. The fourth-order valence-corrected chi connectivity index (χ4v) is 7.10. The van der Waals surface area contributed by atoms with Gasteiger partial charge in [0.05, 0.1) is 0 Å². The predicted molar refractivity (Wildman–Crippen MR) is 142 cm³/mol. The molecule has 1 nitrogen and oxygen atoms in total. The van der Waals surface area contributed by atoms with E-state index in [9.17, 15) is 0 Å². The largest absolute Gasteiger partial charge is 0.268 e. The van der Waals surface area contributed by atoms with Crippen LogP contribution in [0.15, 0.2) is 71.9 Å². The molecule has 1 fully saturated rings. The van der Waals surface area contributed by atoms with E-state index in [-0.39, 0.29) is 0 Å². The molecule has 1 heterocycles. The maximum Gasteiger partial charge on any atom is 0.0345 e. The van der Waals surface area contributed by atoms with Crippen LogP contribution in [0.1, 0.15) is 54.4 Å². The highest BCUT2D eigenvalue weighted by Gasteiger charge is 2.32. The van der Waals surface area contributed by atoms with Crippen molar-refractivity contribution in [2.75, 3.05) is 0 Å². The van der Waals surface area contributed by atoms with Gasteiger partial charge < -0.3 is 0 Å². The lowest BCUT2D eigenvalue weighted by Crippen LogP contribution is -2.30. The molecule has 0 aromatic heterocycles. The van der Waals surface area contributed by atoms with Gasteiger partial charge >= 0.3 is 0 Å². The van der Waals surface area contributed by atoms with Crippen molar-refractivity contribution in [1.29, 1.82) is 0 Å². The van der Waals surface area contributed by atoms with Crippen molar-refractivity contribution in [1.82, 2.24) is 0 Å². The van der Waals surface area contributed by atoms with E-state index >= 15 is 0 Å². The predicted octanol–water partition coefficient (Wildman–Crippen LogP) is 5.88. The molecular weight excluding hydrogens is 410 g/mol. The third kappa shape index (κ3) is 3.25. The number of aliphatic imine (C=N–C) groups is 1. The van der Waals surface area contributed by atoms with Crippen LogP contribution >= 0.6 is 0 Å². The van der Waals surface area contributed by atoms with Crippen LogP contribution in [0.4, 0.5) is 0 Å². The van der Waals surface area contributed by atoms with E-state index in [0.717, 1.165) is 24.7 Å². The van der Waals surface area contributed by atoms with Crippen molar-refractivity contribution in [2.24, 2.45) is 16.8 Å². The van der Waals surface area contributed by atoms with Crippen molar-refractivity contribution < 1.29 is 0 Å². The number of allylic oxidation sites excluding steroid dienone is 1. The van der Waals surface area contributed by atoms with E-state index in [1.807, 2.05) is 0 Å². The Kier molecular flexibility index (Phi) is 4.89. The van der Waals surface area contributed by atoms with Crippen LogP contribution in [-0.2, 0) is 19.3 Å². The molecule has 0 N–H and O–H groups in total. The van der Waals surface area contributed by atoms with Crippen LogP contribution in [0.3, 0.4) is 0 Å². The maximum absolute atomic E-state index is 4.74. The summed E-state index contributed by atoms with van der Waals surface area (Å²) >= 11 is 0. The Morgan fingerprint density at radius 2 is 1.50 bits per heavy atom. The van der Waals surface area contributed by atoms with Gasteiger partial charge in [-0.05, 0) is 79.8 Å². The fourth-order valence-electron chi connectivity index (χ4n) is 7.10. The van der Waals surface area contributed by atoms with Gasteiger partial charge in [0.1, 0.15) is 0 Å². The minimum atomic E-state index is 0.744. The summed E-state index contributed by atoms with van der Waals surface area (Å²) in [6.07, 6.45) is 16.7. The lowest BCUT2D eigenvalue weighted by molar-refractivity contribution is 0.337. The van der Waals surface area contributed by atoms with Crippen molar-refractivity contribution in [2.45, 2.75) is 51.4 Å². The summed E-state index contributed by atoms with van der Waals surface area (Å²) in [6, 6.07) is 22.7. The Balaban J connectivity index is 1.51. The highest BCUT2D eigenvalue weighted by molar-refractivity contribution is 6.00. The minimum absolute atomic E-state index is 0.744. The molecule has 0 spiro atoms. The zero-order valence-corrected chi connectivity index (χ0v) is 19.8. The van der Waals surface area contributed by atoms with Gasteiger partial charge in [0.15, 0.2) is 0 Å². The second kappa shape index (κ2) is 8.24. The van der Waals surface area contributed by atoms with Crippen LogP contribution in [-0.4, -0.2) is 6.21 Å². The first kappa shape index (κ1) is 20.2. The summed E-state index contributed by atoms with van der Waals surface area (Å²) < 4.78 is 0. The second-order valence-electron chi connectivity index (χ2n) is 10.5. The Labute approximate surface area is 201 Å². The molecule has 0 saturated heterocycles. The second-order valence-corrected chi connectivity index (χ2v) is 10.5. The topological polar surface area (TPSA) is 12.4 Å². The number of hydrogen-bond acceptors (Lipinski definition) is 1. The minimum Gasteiger partial charge on any atom is -0.268 e. The fraction of sp³-hybridized carbons (Fsp3) is 0.303. The molecular formula is C33H31N. The van der Waals surface area contributed by atoms with Crippen molar-refractivity contribution in [3.63, 3.8) is 0 Å². The van der Waals surface area contributed by atoms with Gasteiger partial charge in [0.25, 0.3) is 0 Å². The smallest absolute Gasteiger partial charge is 0.0345 e. The van der Waals surface area contributed by atoms with Gasteiger partial charge in [-0.2, -0.15) is 0 Å². The number of rotatable bonds is 2. The first-order valence-corrected chi connectivity index (χ1v) is 13.1. The molecule has 0 amide bonds. The average Bonchev–Trinajstić information content (AvgIpc) is 3.35. The van der Waals surface area contributed by atoms with Gasteiger partial charge in [-0.1, -0.05) is 92.4 Å². The molecule has 1 heteroatoms. The number of benzene rings is 3. The Hall–Kier alpha value is -3.19. The lowest BCUT2D eigenvalue weighted by Gasteiger charge is -2.32. The van der Waals surface area contributed by atoms with Gasteiger partial charge in [-0.25, -0.2) is 0 Å². The number of nitrogens with zero attached hydrogens (tertiary/aromatic N) is 1. The molecule has 0 bridgehead atoms. The molecule has 34 heavy (non-hydrogen) atoms. The van der Waals surface area contributed by atoms with E-state index in [0.29, 0.717) is 0 Å². The molecule has 1 saturated carbocycles. The van der Waals surface area contributed by atoms with E-state index in [2.05, 4.69) is 79.2 Å². The Morgan fingerprint density at radius 1 is 0.676 bits per heavy atom. The Morgan fingerprint density at radius 3 is 2.44 bits per heavy atom. The molecule has 168 valence electrons. The van der Waals surface area contributed by atoms with Crippen LogP contribution in [0.25, 0.3) is 17.2 Å². The summed E-state index contributed by atoms with van der Waals surface area (Å²) in [5, 5.41) is 5.73. The van der Waals surface area contributed by atoms with Gasteiger partial charge in [0, 0.05) is 24.4 Å². The van der Waals surface area contributed by atoms with Crippen LogP contribution in [0, 0.1) is 22.3 Å². The third-order valence-electron chi connectivity index (χ3n) is 8.79. The number of hydrogen-bond donors (Lipinski definition) is 0. The SMILES string of the molecule is C1=NC=C(C2=c3ccc4c(c3CC(C3CCCC3)C2)CC=c2ccccc2=4)c2ccccc2C1. The quantitative estimate of drug-likeness (QED) is 0.471. The first-order chi connectivity index (χ1) is 16.9. The molecule has 1 atom stereocenters. The molecule has 7 rings (SSSR count). The summed E-state index contributed by atoms with van der Waals surface area (Å²) in [5.41, 5.74) is 8.85. The van der Waals surface area contributed by atoms with Gasteiger partial charge in [0.2, 0.25) is 0 Å². The molecule has 1 unspecified atom stereocenters. The monoisotopic (exact) mass is 441 g/mol. The van der Waals surface area contributed by atoms with E-state index in [4.69, 9.17) is 4.99 Å². The van der Waals surface area contributed by atoms with Crippen LogP contribution in [0.5, 0.6) is 0 Å². The van der Waals surface area contributed by atoms with E-state index in [1.54, 1.807) is 11.1 Å². The summed E-state index contributed by atoms with van der Waals surface area (Å²) in [4.78, 5) is 4.74. The van der Waals surface area contributed by atoms with Crippen LogP contribution in [0.2, 0.25) is 0 Å². The molecule has 4 aliphatic rings. The standard InChI is InChI=1S/C33H31N/c1-2-8-22(7-1)25-19-31-29-14-13-23-9-3-5-11-26(23)28(29)15-16-30(31)32(20-25)33-21-34-18-17-24-10-4-6-12-27(24)33/h3-6,9-13,15-16,18,21-22,25H,1-2,7-8,14,17,19-20H2. The zero-order chi connectivity index (χ0) is 22.5. The summed E-state index contributed by atoms with van der Waals surface area (Å²) in [7, 11) is 0. The van der Waals surface area contributed by atoms with Gasteiger partial charge in [-0.3, -0.25) is 4.99 Å². The van der Waals surface area contributed by atoms with E-state index in [1.165, 1.54) is 81.7 Å². The zero-order valence-electron chi connectivity index (χ0n) is 19.8. The molecule has 3 aromatic carbocycles. The van der Waals surface area contributed by atoms with Crippen molar-refractivity contribution >= 4 is 23.4 Å². The van der Waals surface area contributed by atoms with Crippen molar-refractivity contribution in [3.05, 3.63) is 110 Å². The molecule has 1 aliphatic heterocycles. The normalized spacial score (nSPS) is 21.0. The maximum atomic E-state index is 4.74. The average molecular weight is 442 g/mol. The first-order valence-electron chi connectivity index (χ1n) is 13.1. The van der Waals surface area contributed by atoms with E-state index < -0.39 is 0 Å². The summed E-state index contributed by atoms with van der Waals surface area (Å²) in [6.45, 7) is 0. The highest BCUT2D eigenvalue weighted by atomic mass is 14.7. The lowest BCUT2D eigenvalue weighted by atomic mass is 9.72. The number of fused-ring (bicyclic) bond motifs is 5. The van der Waals surface area contributed by atoms with Crippen LogP contribution < -0.4 is 10.4 Å². The Bertz CT molecular complexity index is 1560. The molecule has 0 radical (unpaired) electrons. The molecule has 3 aliphatic carbocycles. The van der Waals surface area contributed by atoms with Crippen molar-refractivity contribution in [3.8, 4) is 0 Å².